The highest BCUT2D eigenvalue weighted by Gasteiger charge is 2.72. The number of hydrogen-bond acceptors (Lipinski definition) is 11. The van der Waals surface area contributed by atoms with Crippen molar-refractivity contribution in [3.05, 3.63) is 23.0 Å². The molecular weight excluding hydrogens is 536 g/mol. The molecule has 4 N–H and O–H groups in total. The lowest BCUT2D eigenvalue weighted by atomic mass is 9.46. The number of rotatable bonds is 2. The van der Waals surface area contributed by atoms with Crippen molar-refractivity contribution in [2.45, 2.75) is 107 Å². The number of carbonyl (C=O) groups excluding carboxylic acids is 2. The number of ether oxygens (including phenoxy) is 5. The number of hydrogen-bond donors (Lipinski definition) is 4. The minimum Gasteiger partial charge on any atom is -0.504 e. The molecule has 0 spiro atoms. The van der Waals surface area contributed by atoms with Gasteiger partial charge in [0.1, 0.15) is 18.8 Å². The third-order valence-corrected chi connectivity index (χ3v) is 12.1. The van der Waals surface area contributed by atoms with Gasteiger partial charge in [0, 0.05) is 19.1 Å². The molecule has 4 aliphatic carbocycles. The Labute approximate surface area is 238 Å². The summed E-state index contributed by atoms with van der Waals surface area (Å²) >= 11 is 0. The second-order valence-corrected chi connectivity index (χ2v) is 13.7. The van der Waals surface area contributed by atoms with Crippen molar-refractivity contribution in [2.75, 3.05) is 13.7 Å². The minimum absolute atomic E-state index is 0.0262. The van der Waals surface area contributed by atoms with Gasteiger partial charge in [-0.15, -0.1) is 0 Å². The lowest BCUT2D eigenvalue weighted by Crippen LogP contribution is -2.73. The fraction of sp³-hybridized carbons (Fsp3) is 0.800. The monoisotopic (exact) mass is 576 g/mol. The smallest absolute Gasteiger partial charge is 0.331 e. The SMILES string of the molecule is CO[C@@H]1[C@@H](O)[C@@H](C)O[C@H]2O[C@@H]3C[C@H]4CC[C@H]5C(=C(O)C(=O)[C@]6(C)[C@@H](C7=CC(=O)OC7)CC[C@]56O)[C@@]4(C)C[C@H]3O[C@]21O. The molecule has 11 heteroatoms. The van der Waals surface area contributed by atoms with E-state index in [-0.39, 0.29) is 18.3 Å². The van der Waals surface area contributed by atoms with E-state index in [4.69, 9.17) is 23.7 Å². The van der Waals surface area contributed by atoms with Crippen LogP contribution in [-0.4, -0.2) is 94.1 Å². The van der Waals surface area contributed by atoms with Crippen LogP contribution in [0.5, 0.6) is 0 Å². The summed E-state index contributed by atoms with van der Waals surface area (Å²) in [6.07, 6.45) is -0.575. The second kappa shape index (κ2) is 8.84. The number of cyclic esters (lactones) is 1. The molecule has 13 atom stereocenters. The molecule has 11 nitrogen and oxygen atoms in total. The normalized spacial score (nSPS) is 54.4. The van der Waals surface area contributed by atoms with Gasteiger partial charge in [-0.2, -0.15) is 0 Å². The molecule has 0 aromatic rings. The Bertz CT molecular complexity index is 1240. The Morgan fingerprint density at radius 1 is 1.05 bits per heavy atom. The highest BCUT2D eigenvalue weighted by atomic mass is 16.8. The van der Waals surface area contributed by atoms with E-state index in [1.807, 2.05) is 6.92 Å². The summed E-state index contributed by atoms with van der Waals surface area (Å²) in [5.74, 6) is -4.16. The van der Waals surface area contributed by atoms with Crippen LogP contribution in [0, 0.1) is 28.6 Å². The van der Waals surface area contributed by atoms with E-state index in [0.717, 1.165) is 6.42 Å². The highest BCUT2D eigenvalue weighted by Crippen LogP contribution is 2.68. The zero-order valence-electron chi connectivity index (χ0n) is 23.9. The molecule has 0 bridgehead atoms. The van der Waals surface area contributed by atoms with Crippen LogP contribution >= 0.6 is 0 Å². The Balaban J connectivity index is 1.25. The average molecular weight is 577 g/mol. The van der Waals surface area contributed by atoms with Crippen molar-refractivity contribution in [1.29, 1.82) is 0 Å². The maximum Gasteiger partial charge on any atom is 0.331 e. The molecule has 7 aliphatic rings. The molecule has 0 aromatic heterocycles. The van der Waals surface area contributed by atoms with Crippen LogP contribution in [0.15, 0.2) is 23.0 Å². The van der Waals surface area contributed by atoms with E-state index in [1.165, 1.54) is 13.2 Å². The number of aliphatic hydroxyl groups excluding tert-OH is 2. The summed E-state index contributed by atoms with van der Waals surface area (Å²) < 4.78 is 29.0. The predicted octanol–water partition coefficient (Wildman–Crippen LogP) is 1.43. The van der Waals surface area contributed by atoms with Crippen molar-refractivity contribution in [3.8, 4) is 0 Å². The molecule has 7 rings (SSSR count). The first kappa shape index (κ1) is 27.9. The third-order valence-electron chi connectivity index (χ3n) is 12.1. The number of esters is 1. The molecule has 3 saturated carbocycles. The number of carbonyl (C=O) groups is 2. The van der Waals surface area contributed by atoms with Crippen molar-refractivity contribution in [1.82, 2.24) is 0 Å². The zero-order valence-corrected chi connectivity index (χ0v) is 23.9. The molecule has 0 unspecified atom stereocenters. The van der Waals surface area contributed by atoms with Gasteiger partial charge in [0.25, 0.3) is 0 Å². The van der Waals surface area contributed by atoms with Crippen LogP contribution in [0.2, 0.25) is 0 Å². The van der Waals surface area contributed by atoms with Crippen molar-refractivity contribution >= 4 is 11.8 Å². The van der Waals surface area contributed by atoms with Gasteiger partial charge in [0.05, 0.1) is 29.3 Å². The van der Waals surface area contributed by atoms with Gasteiger partial charge in [-0.25, -0.2) is 4.79 Å². The van der Waals surface area contributed by atoms with Crippen LogP contribution in [0.25, 0.3) is 0 Å². The Kier molecular flexibility index (Phi) is 6.03. The topological polar surface area (TPSA) is 161 Å². The molecule has 0 radical (unpaired) electrons. The summed E-state index contributed by atoms with van der Waals surface area (Å²) in [7, 11) is 1.38. The third kappa shape index (κ3) is 3.39. The van der Waals surface area contributed by atoms with Gasteiger partial charge in [-0.3, -0.25) is 4.79 Å². The average Bonchev–Trinajstić information content (AvgIpc) is 3.46. The lowest BCUT2D eigenvalue weighted by molar-refractivity contribution is -0.469. The molecule has 5 fully saturated rings. The summed E-state index contributed by atoms with van der Waals surface area (Å²) in [4.78, 5) is 26.0. The second-order valence-electron chi connectivity index (χ2n) is 13.7. The number of Topliss-reactive ketones (excluding diaryl/α,β-unsaturated/α-hetero) is 1. The van der Waals surface area contributed by atoms with Crippen LogP contribution in [0.1, 0.15) is 59.3 Å². The van der Waals surface area contributed by atoms with Gasteiger partial charge < -0.3 is 44.1 Å². The van der Waals surface area contributed by atoms with E-state index in [0.29, 0.717) is 43.3 Å². The molecule has 41 heavy (non-hydrogen) atoms. The highest BCUT2D eigenvalue weighted by molar-refractivity contribution is 6.02. The number of ketones is 1. The van der Waals surface area contributed by atoms with Crippen molar-refractivity contribution in [3.63, 3.8) is 0 Å². The fourth-order valence-corrected chi connectivity index (χ4v) is 9.84. The summed E-state index contributed by atoms with van der Waals surface area (Å²) in [6.45, 7) is 5.50. The summed E-state index contributed by atoms with van der Waals surface area (Å²) in [5.41, 5.74) is -2.18. The lowest BCUT2D eigenvalue weighted by Gasteiger charge is -2.62. The molecule has 2 saturated heterocycles. The Hall–Kier alpha value is -1.86. The predicted molar refractivity (Wildman–Crippen MR) is 139 cm³/mol. The number of allylic oxidation sites excluding steroid dienone is 1. The van der Waals surface area contributed by atoms with Crippen LogP contribution in [0.3, 0.4) is 0 Å². The standard InChI is InChI=1S/C30H40O11/c1-13-22(32)25(37-4)30(36)26(39-13)40-18-10-15-5-6-17-21(27(15,2)11-19(18)41-30)23(33)24(34)28(3)16(7-8-29(17,28)35)14-9-20(31)38-12-14/h9,13,15-19,22,25-26,32-33,35-36H,5-8,10-12H2,1-4H3/t13-,15-,16-,17+,18-,19-,22+,25-,26+,27+,28+,29+,30+/m1/s1. The number of fused-ring (bicyclic) bond motifs is 7. The van der Waals surface area contributed by atoms with Crippen molar-refractivity contribution in [2.24, 2.45) is 28.6 Å². The van der Waals surface area contributed by atoms with E-state index in [2.05, 4.69) is 0 Å². The first-order chi connectivity index (χ1) is 19.3. The Morgan fingerprint density at radius 2 is 1.80 bits per heavy atom. The van der Waals surface area contributed by atoms with Gasteiger partial charge in [-0.05, 0) is 80.8 Å². The molecular formula is C30H40O11. The van der Waals surface area contributed by atoms with Gasteiger partial charge in [0.2, 0.25) is 17.9 Å². The summed E-state index contributed by atoms with van der Waals surface area (Å²) in [6, 6.07) is 0. The van der Waals surface area contributed by atoms with E-state index in [9.17, 15) is 30.0 Å². The minimum atomic E-state index is -2.05. The Morgan fingerprint density at radius 3 is 2.49 bits per heavy atom. The van der Waals surface area contributed by atoms with Crippen LogP contribution < -0.4 is 0 Å². The number of methoxy groups -OCH3 is 1. The zero-order chi connectivity index (χ0) is 29.3. The van der Waals surface area contributed by atoms with Gasteiger partial charge in [0.15, 0.2) is 5.76 Å². The van der Waals surface area contributed by atoms with Gasteiger partial charge >= 0.3 is 5.97 Å². The van der Waals surface area contributed by atoms with Gasteiger partial charge in [-0.1, -0.05) is 6.92 Å². The number of aliphatic hydroxyl groups is 4. The fourth-order valence-electron chi connectivity index (χ4n) is 9.84. The molecule has 0 aromatic carbocycles. The molecule has 3 heterocycles. The van der Waals surface area contributed by atoms with E-state index < -0.39 is 82.6 Å². The van der Waals surface area contributed by atoms with E-state index >= 15 is 0 Å². The summed E-state index contributed by atoms with van der Waals surface area (Å²) in [5, 5.41) is 46.4. The first-order valence-electron chi connectivity index (χ1n) is 14.8. The first-order valence-corrected chi connectivity index (χ1v) is 14.8. The quantitative estimate of drug-likeness (QED) is 0.278. The van der Waals surface area contributed by atoms with Crippen LogP contribution in [0.4, 0.5) is 0 Å². The molecule has 0 amide bonds. The molecule has 3 aliphatic heterocycles. The van der Waals surface area contributed by atoms with E-state index in [1.54, 1.807) is 13.8 Å². The maximum atomic E-state index is 14.1. The maximum absolute atomic E-state index is 14.1. The largest absolute Gasteiger partial charge is 0.504 e. The molecule has 226 valence electrons. The van der Waals surface area contributed by atoms with Crippen molar-refractivity contribution < 1.29 is 53.7 Å². The van der Waals surface area contributed by atoms with Crippen LogP contribution in [-0.2, 0) is 33.3 Å².